The standard InChI is InChI=1S/C31H32O8/c1-17-13-20-14-22(34-3)29(35-4)27(33)25(20)26-21(15-23-30(31(26)36-5)38-16-37-23)28(18(17)2)39-24(32)12-11-19-9-7-6-8-10-19/h6-12,14-15,17-18,28,33H,13,16H2,1-5H3/b12-11-/t17-,18-,28-/m1/s1. The fourth-order valence-corrected chi connectivity index (χ4v) is 5.35. The number of carbonyl (C=O) groups is 1. The van der Waals surface area contributed by atoms with Gasteiger partial charge in [-0.3, -0.25) is 0 Å². The lowest BCUT2D eigenvalue weighted by Crippen LogP contribution is -2.26. The van der Waals surface area contributed by atoms with Crippen LogP contribution in [0.25, 0.3) is 17.2 Å². The second-order valence-electron chi connectivity index (χ2n) is 9.74. The van der Waals surface area contributed by atoms with E-state index in [0.717, 1.165) is 11.1 Å². The number of phenolic OH excluding ortho intramolecular Hbond substituents is 1. The molecule has 1 aliphatic carbocycles. The molecule has 8 heteroatoms. The van der Waals surface area contributed by atoms with Crippen molar-refractivity contribution in [3.63, 3.8) is 0 Å². The van der Waals surface area contributed by atoms with Crippen LogP contribution in [-0.2, 0) is 16.0 Å². The zero-order valence-corrected chi connectivity index (χ0v) is 22.6. The summed E-state index contributed by atoms with van der Waals surface area (Å²) in [7, 11) is 4.53. The van der Waals surface area contributed by atoms with E-state index in [1.807, 2.05) is 42.5 Å². The van der Waals surface area contributed by atoms with Gasteiger partial charge in [0, 0.05) is 28.7 Å². The summed E-state index contributed by atoms with van der Waals surface area (Å²) >= 11 is 0. The van der Waals surface area contributed by atoms with Gasteiger partial charge in [-0.1, -0.05) is 44.2 Å². The maximum Gasteiger partial charge on any atom is 0.331 e. The molecule has 3 atom stereocenters. The summed E-state index contributed by atoms with van der Waals surface area (Å²) in [5.41, 5.74) is 3.44. The van der Waals surface area contributed by atoms with Crippen LogP contribution in [0.3, 0.4) is 0 Å². The van der Waals surface area contributed by atoms with E-state index < -0.39 is 12.1 Å². The Kier molecular flexibility index (Phi) is 7.28. The van der Waals surface area contributed by atoms with Gasteiger partial charge in [-0.05, 0) is 41.7 Å². The number of aromatic hydroxyl groups is 1. The number of fused-ring (bicyclic) bond motifs is 4. The average molecular weight is 533 g/mol. The molecule has 8 nitrogen and oxygen atoms in total. The summed E-state index contributed by atoms with van der Waals surface area (Å²) < 4.78 is 34.6. The molecule has 0 bridgehead atoms. The number of esters is 1. The van der Waals surface area contributed by atoms with Crippen LogP contribution in [0.2, 0.25) is 0 Å². The number of hydrogen-bond donors (Lipinski definition) is 1. The third kappa shape index (κ3) is 4.71. The SMILES string of the molecule is COc1cc2c(c(O)c1OC)-c1c(cc3c(c1OC)OCO3)[C@H](OC(=O)/C=C\c1ccccc1)[C@H](C)[C@H](C)C2. The number of carbonyl (C=O) groups excluding carboxylic acids is 1. The number of ether oxygens (including phenoxy) is 6. The lowest BCUT2D eigenvalue weighted by molar-refractivity contribution is -0.146. The molecule has 0 unspecified atom stereocenters. The van der Waals surface area contributed by atoms with Gasteiger partial charge in [-0.15, -0.1) is 0 Å². The first-order chi connectivity index (χ1) is 18.9. The topological polar surface area (TPSA) is 92.7 Å². The molecule has 3 aromatic carbocycles. The number of rotatable bonds is 6. The lowest BCUT2D eigenvalue weighted by Gasteiger charge is -2.34. The molecular weight excluding hydrogens is 500 g/mol. The highest BCUT2D eigenvalue weighted by Crippen LogP contribution is 2.58. The number of phenols is 1. The fourth-order valence-electron chi connectivity index (χ4n) is 5.35. The van der Waals surface area contributed by atoms with Crippen LogP contribution in [0.15, 0.2) is 48.5 Å². The Balaban J connectivity index is 1.71. The average Bonchev–Trinajstić information content (AvgIpc) is 3.42. The first-order valence-corrected chi connectivity index (χ1v) is 12.8. The zero-order valence-electron chi connectivity index (χ0n) is 22.6. The van der Waals surface area contributed by atoms with Crippen LogP contribution in [0.5, 0.6) is 34.5 Å². The van der Waals surface area contributed by atoms with Crippen molar-refractivity contribution in [1.29, 1.82) is 0 Å². The molecule has 0 saturated heterocycles. The van der Waals surface area contributed by atoms with E-state index in [0.29, 0.717) is 46.1 Å². The van der Waals surface area contributed by atoms with Crippen LogP contribution < -0.4 is 23.7 Å². The van der Waals surface area contributed by atoms with Gasteiger partial charge in [0.1, 0.15) is 6.10 Å². The van der Waals surface area contributed by atoms with Gasteiger partial charge in [0.2, 0.25) is 18.3 Å². The molecule has 3 aromatic rings. The Morgan fingerprint density at radius 2 is 1.72 bits per heavy atom. The van der Waals surface area contributed by atoms with Crippen LogP contribution in [0, 0.1) is 11.8 Å². The lowest BCUT2D eigenvalue weighted by atomic mass is 9.76. The van der Waals surface area contributed by atoms with Crippen molar-refractivity contribution in [3.05, 3.63) is 65.2 Å². The summed E-state index contributed by atoms with van der Waals surface area (Å²) in [6, 6.07) is 13.2. The van der Waals surface area contributed by atoms with Crippen molar-refractivity contribution in [2.75, 3.05) is 28.1 Å². The normalized spacial score (nSPS) is 19.5. The molecule has 1 heterocycles. The predicted octanol–water partition coefficient (Wildman–Crippen LogP) is 5.94. The Morgan fingerprint density at radius 3 is 2.41 bits per heavy atom. The van der Waals surface area contributed by atoms with E-state index in [4.69, 9.17) is 28.4 Å². The quantitative estimate of drug-likeness (QED) is 0.308. The monoisotopic (exact) mass is 532 g/mol. The highest BCUT2D eigenvalue weighted by molar-refractivity contribution is 5.90. The van der Waals surface area contributed by atoms with E-state index in [1.54, 1.807) is 6.08 Å². The first kappa shape index (κ1) is 26.3. The van der Waals surface area contributed by atoms with E-state index in [-0.39, 0.29) is 30.1 Å². The summed E-state index contributed by atoms with van der Waals surface area (Å²) in [6.45, 7) is 4.17. The van der Waals surface area contributed by atoms with Gasteiger partial charge in [0.05, 0.1) is 21.3 Å². The van der Waals surface area contributed by atoms with Gasteiger partial charge in [0.25, 0.3) is 0 Å². The zero-order chi connectivity index (χ0) is 27.7. The highest BCUT2D eigenvalue weighted by atomic mass is 16.7. The summed E-state index contributed by atoms with van der Waals surface area (Å²) in [5.74, 6) is 1.27. The fraction of sp³-hybridized carbons (Fsp3) is 0.323. The minimum Gasteiger partial charge on any atom is -0.504 e. The third-order valence-corrected chi connectivity index (χ3v) is 7.51. The molecule has 0 aromatic heterocycles. The van der Waals surface area contributed by atoms with Gasteiger partial charge >= 0.3 is 5.97 Å². The van der Waals surface area contributed by atoms with Crippen LogP contribution in [0.1, 0.15) is 36.6 Å². The van der Waals surface area contributed by atoms with E-state index in [9.17, 15) is 9.90 Å². The maximum absolute atomic E-state index is 13.1. The van der Waals surface area contributed by atoms with Crippen molar-refractivity contribution in [3.8, 4) is 45.6 Å². The van der Waals surface area contributed by atoms with Gasteiger partial charge in [-0.2, -0.15) is 0 Å². The van der Waals surface area contributed by atoms with Crippen molar-refractivity contribution in [2.24, 2.45) is 11.8 Å². The Bertz CT molecular complexity index is 1410. The molecule has 0 saturated carbocycles. The smallest absolute Gasteiger partial charge is 0.331 e. The largest absolute Gasteiger partial charge is 0.504 e. The molecule has 2 aliphatic rings. The molecule has 1 N–H and O–H groups in total. The van der Waals surface area contributed by atoms with Gasteiger partial charge in [-0.25, -0.2) is 4.79 Å². The molecule has 0 amide bonds. The molecule has 0 spiro atoms. The minimum absolute atomic E-state index is 0.0234. The Morgan fingerprint density at radius 1 is 0.974 bits per heavy atom. The molecule has 39 heavy (non-hydrogen) atoms. The second kappa shape index (κ2) is 10.8. The molecule has 0 radical (unpaired) electrons. The summed E-state index contributed by atoms with van der Waals surface area (Å²) in [4.78, 5) is 13.1. The minimum atomic E-state index is -0.674. The van der Waals surface area contributed by atoms with Crippen molar-refractivity contribution in [1.82, 2.24) is 0 Å². The van der Waals surface area contributed by atoms with Crippen LogP contribution >= 0.6 is 0 Å². The van der Waals surface area contributed by atoms with Crippen LogP contribution in [0.4, 0.5) is 0 Å². The maximum atomic E-state index is 13.1. The van der Waals surface area contributed by atoms with Crippen molar-refractivity contribution < 1.29 is 38.3 Å². The molecule has 1 aliphatic heterocycles. The van der Waals surface area contributed by atoms with Gasteiger partial charge in [0.15, 0.2) is 23.0 Å². The summed E-state index contributed by atoms with van der Waals surface area (Å²) in [6.07, 6.45) is 3.05. The third-order valence-electron chi connectivity index (χ3n) is 7.51. The predicted molar refractivity (Wildman–Crippen MR) is 146 cm³/mol. The van der Waals surface area contributed by atoms with Crippen LogP contribution in [-0.4, -0.2) is 39.2 Å². The molecule has 204 valence electrons. The summed E-state index contributed by atoms with van der Waals surface area (Å²) in [5, 5.41) is 11.6. The van der Waals surface area contributed by atoms with E-state index in [2.05, 4.69) is 13.8 Å². The van der Waals surface area contributed by atoms with Gasteiger partial charge < -0.3 is 33.5 Å². The van der Waals surface area contributed by atoms with Crippen molar-refractivity contribution >= 4 is 12.0 Å². The van der Waals surface area contributed by atoms with E-state index in [1.165, 1.54) is 27.4 Å². The number of methoxy groups -OCH3 is 3. The first-order valence-electron chi connectivity index (χ1n) is 12.8. The molecule has 0 fully saturated rings. The highest BCUT2D eigenvalue weighted by Gasteiger charge is 2.39. The number of hydrogen-bond acceptors (Lipinski definition) is 8. The molecular formula is C31H32O8. The second-order valence-corrected chi connectivity index (χ2v) is 9.74. The molecule has 5 rings (SSSR count). The Labute approximate surface area is 227 Å². The number of benzene rings is 3. The van der Waals surface area contributed by atoms with Crippen molar-refractivity contribution in [2.45, 2.75) is 26.4 Å². The Hall–Kier alpha value is -4.33. The van der Waals surface area contributed by atoms with E-state index >= 15 is 0 Å².